The van der Waals surface area contributed by atoms with Crippen molar-refractivity contribution in [2.24, 2.45) is 46.3 Å². The molecule has 228 valence electrons. The van der Waals surface area contributed by atoms with Gasteiger partial charge < -0.3 is 15.4 Å². The van der Waals surface area contributed by atoms with Gasteiger partial charge in [0.1, 0.15) is 5.60 Å². The summed E-state index contributed by atoms with van der Waals surface area (Å²) in [6.45, 7) is 18.3. The van der Waals surface area contributed by atoms with Crippen molar-refractivity contribution in [2.75, 3.05) is 6.54 Å². The Hall–Kier alpha value is -1.52. The van der Waals surface area contributed by atoms with Crippen LogP contribution in [-0.2, 0) is 9.53 Å². The average Bonchev–Trinajstić information content (AvgIpc) is 3.20. The molecule has 0 saturated heterocycles. The molecule has 5 heteroatoms. The van der Waals surface area contributed by atoms with Gasteiger partial charge in [-0.2, -0.15) is 0 Å². The quantitative estimate of drug-likeness (QED) is 0.280. The summed E-state index contributed by atoms with van der Waals surface area (Å²) in [5, 5.41) is 5.98. The molecule has 0 bridgehead atoms. The molecule has 0 aliphatic heterocycles. The second-order valence-electron chi connectivity index (χ2n) is 16.0. The zero-order valence-electron chi connectivity index (χ0n) is 27.0. The van der Waals surface area contributed by atoms with Gasteiger partial charge in [0, 0.05) is 19.0 Å². The first-order chi connectivity index (χ1) is 18.7. The Balaban J connectivity index is 1.31. The van der Waals surface area contributed by atoms with E-state index in [1.165, 1.54) is 57.8 Å². The van der Waals surface area contributed by atoms with E-state index in [9.17, 15) is 9.59 Å². The van der Waals surface area contributed by atoms with E-state index in [2.05, 4.69) is 51.3 Å². The Morgan fingerprint density at radius 2 is 1.77 bits per heavy atom. The highest BCUT2D eigenvalue weighted by atomic mass is 16.6. The summed E-state index contributed by atoms with van der Waals surface area (Å²) in [7, 11) is 0. The van der Waals surface area contributed by atoms with Crippen molar-refractivity contribution in [3.63, 3.8) is 0 Å². The molecule has 0 spiro atoms. The number of ether oxygens (including phenoxy) is 1. The van der Waals surface area contributed by atoms with Gasteiger partial charge in [0.2, 0.25) is 5.91 Å². The third-order valence-electron chi connectivity index (χ3n) is 11.7. The molecule has 2 amide bonds. The second kappa shape index (κ2) is 12.4. The maximum Gasteiger partial charge on any atom is 0.407 e. The van der Waals surface area contributed by atoms with Gasteiger partial charge in [-0.3, -0.25) is 4.79 Å². The fourth-order valence-corrected chi connectivity index (χ4v) is 9.70. The first-order valence-corrected chi connectivity index (χ1v) is 16.7. The van der Waals surface area contributed by atoms with Gasteiger partial charge in [0.15, 0.2) is 0 Å². The van der Waals surface area contributed by atoms with Crippen LogP contribution in [0, 0.1) is 46.3 Å². The smallest absolute Gasteiger partial charge is 0.407 e. The topological polar surface area (TPSA) is 67.4 Å². The summed E-state index contributed by atoms with van der Waals surface area (Å²) in [4.78, 5) is 24.5. The second-order valence-corrected chi connectivity index (χ2v) is 16.0. The summed E-state index contributed by atoms with van der Waals surface area (Å²) in [6, 6.07) is 0.210. The van der Waals surface area contributed by atoms with Crippen molar-refractivity contribution in [1.29, 1.82) is 0 Å². The number of hydrogen-bond acceptors (Lipinski definition) is 3. The van der Waals surface area contributed by atoms with Gasteiger partial charge in [-0.25, -0.2) is 4.79 Å². The maximum absolute atomic E-state index is 12.7. The van der Waals surface area contributed by atoms with Crippen LogP contribution in [0.3, 0.4) is 0 Å². The molecule has 3 saturated carbocycles. The zero-order valence-corrected chi connectivity index (χ0v) is 27.0. The minimum Gasteiger partial charge on any atom is -0.444 e. The number of carbonyl (C=O) groups is 2. The van der Waals surface area contributed by atoms with Crippen molar-refractivity contribution in [3.05, 3.63) is 11.6 Å². The fourth-order valence-electron chi connectivity index (χ4n) is 9.70. The standard InChI is InChI=1S/C35H60N2O3/c1-23(2)10-9-11-24(3)28-14-15-29-27-13-12-25-22-26(16-19-34(25,7)30(27)17-20-35(28,29)8)37-31(38)18-21-36-32(39)40-33(4,5)6/h12,23-24,26-30H,9-11,13-22H2,1-8H3,(H,36,39)(H,37,38)/t24-,26?,27?,28-,29?,30?,34+,35-/m1/s1. The molecule has 8 atom stereocenters. The van der Waals surface area contributed by atoms with Crippen molar-refractivity contribution in [1.82, 2.24) is 10.6 Å². The number of fused-ring (bicyclic) bond motifs is 5. The normalized spacial score (nSPS) is 36.1. The van der Waals surface area contributed by atoms with Crippen LogP contribution >= 0.6 is 0 Å². The Kier molecular flexibility index (Phi) is 9.72. The highest BCUT2D eigenvalue weighted by Crippen LogP contribution is 2.67. The number of rotatable bonds is 9. The molecule has 0 radical (unpaired) electrons. The van der Waals surface area contributed by atoms with Crippen LogP contribution in [0.2, 0.25) is 0 Å². The molecule has 0 aromatic heterocycles. The third-order valence-corrected chi connectivity index (χ3v) is 11.7. The van der Waals surface area contributed by atoms with E-state index in [0.717, 1.165) is 48.3 Å². The van der Waals surface area contributed by atoms with Crippen LogP contribution in [0.4, 0.5) is 4.79 Å². The number of amides is 2. The summed E-state index contributed by atoms with van der Waals surface area (Å²) >= 11 is 0. The van der Waals surface area contributed by atoms with Crippen molar-refractivity contribution >= 4 is 12.0 Å². The summed E-state index contributed by atoms with van der Waals surface area (Å²) in [6.07, 6.45) is 16.7. The van der Waals surface area contributed by atoms with Crippen molar-refractivity contribution in [3.8, 4) is 0 Å². The summed E-state index contributed by atoms with van der Waals surface area (Å²) in [5.74, 6) is 5.12. The Bertz CT molecular complexity index is 935. The SMILES string of the molecule is CC(C)CCC[C@@H](C)[C@H]1CCC2C3CC=C4CC(NC(=O)CCNC(=O)OC(C)(C)C)CC[C@]4(C)C3CC[C@@]21C. The zero-order chi connectivity index (χ0) is 29.3. The van der Waals surface area contributed by atoms with E-state index in [0.29, 0.717) is 17.4 Å². The van der Waals surface area contributed by atoms with E-state index in [4.69, 9.17) is 4.74 Å². The van der Waals surface area contributed by atoms with E-state index in [-0.39, 0.29) is 18.4 Å². The fraction of sp³-hybridized carbons (Fsp3) is 0.886. The lowest BCUT2D eigenvalue weighted by Gasteiger charge is -2.58. The predicted molar refractivity (Wildman–Crippen MR) is 164 cm³/mol. The maximum atomic E-state index is 12.7. The van der Waals surface area contributed by atoms with Crippen LogP contribution in [0.25, 0.3) is 0 Å². The molecular formula is C35H60N2O3. The van der Waals surface area contributed by atoms with E-state index < -0.39 is 11.7 Å². The molecule has 2 N–H and O–H groups in total. The molecule has 4 rings (SSSR count). The Morgan fingerprint density at radius 1 is 1.02 bits per heavy atom. The lowest BCUT2D eigenvalue weighted by atomic mass is 9.47. The van der Waals surface area contributed by atoms with Crippen molar-refractivity contribution in [2.45, 2.75) is 144 Å². The number of alkyl carbamates (subject to hydrolysis) is 1. The molecular weight excluding hydrogens is 496 g/mol. The minimum absolute atomic E-state index is 0.0203. The van der Waals surface area contributed by atoms with Gasteiger partial charge in [0.25, 0.3) is 0 Å². The molecule has 4 unspecified atom stereocenters. The Morgan fingerprint density at radius 3 is 2.48 bits per heavy atom. The Labute approximate surface area is 245 Å². The van der Waals surface area contributed by atoms with Gasteiger partial charge in [-0.1, -0.05) is 65.5 Å². The highest BCUT2D eigenvalue weighted by molar-refractivity contribution is 5.77. The van der Waals surface area contributed by atoms with E-state index in [1.807, 2.05) is 20.8 Å². The summed E-state index contributed by atoms with van der Waals surface area (Å²) in [5.41, 5.74) is 1.90. The molecule has 4 aliphatic carbocycles. The lowest BCUT2D eigenvalue weighted by molar-refractivity contribution is -0.122. The van der Waals surface area contributed by atoms with Gasteiger partial charge in [0.05, 0.1) is 0 Å². The summed E-state index contributed by atoms with van der Waals surface area (Å²) < 4.78 is 5.27. The highest BCUT2D eigenvalue weighted by Gasteiger charge is 2.59. The number of nitrogens with one attached hydrogen (secondary N) is 2. The molecule has 4 aliphatic rings. The lowest BCUT2D eigenvalue weighted by Crippen LogP contribution is -2.52. The molecule has 40 heavy (non-hydrogen) atoms. The number of hydrogen-bond donors (Lipinski definition) is 2. The first-order valence-electron chi connectivity index (χ1n) is 16.7. The predicted octanol–water partition coefficient (Wildman–Crippen LogP) is 8.43. The van der Waals surface area contributed by atoms with Crippen LogP contribution in [0.5, 0.6) is 0 Å². The van der Waals surface area contributed by atoms with E-state index in [1.54, 1.807) is 5.57 Å². The molecule has 0 aromatic rings. The van der Waals surface area contributed by atoms with Crippen LogP contribution in [0.15, 0.2) is 11.6 Å². The minimum atomic E-state index is -0.532. The van der Waals surface area contributed by atoms with Crippen LogP contribution in [-0.4, -0.2) is 30.2 Å². The van der Waals surface area contributed by atoms with Gasteiger partial charge in [-0.05, 0) is 118 Å². The molecule has 0 heterocycles. The van der Waals surface area contributed by atoms with Crippen molar-refractivity contribution < 1.29 is 14.3 Å². The van der Waals surface area contributed by atoms with Gasteiger partial charge in [-0.15, -0.1) is 0 Å². The number of carbonyl (C=O) groups excluding carboxylic acids is 2. The number of allylic oxidation sites excluding steroid dienone is 1. The average molecular weight is 557 g/mol. The van der Waals surface area contributed by atoms with Crippen LogP contribution in [0.1, 0.15) is 132 Å². The monoisotopic (exact) mass is 556 g/mol. The molecule has 5 nitrogen and oxygen atoms in total. The molecule has 3 fully saturated rings. The largest absolute Gasteiger partial charge is 0.444 e. The first kappa shape index (κ1) is 31.4. The third kappa shape index (κ3) is 6.92. The molecule has 0 aromatic carbocycles. The van der Waals surface area contributed by atoms with E-state index >= 15 is 0 Å². The van der Waals surface area contributed by atoms with Gasteiger partial charge >= 0.3 is 6.09 Å². The van der Waals surface area contributed by atoms with Crippen LogP contribution < -0.4 is 10.6 Å².